The standard InChI is InChI=1S/C26H33N3O6S/c1-16-21(24(31)35-26(2,3)4)22(18-8-7-9-19(32-5)23(18)33-6)29-17(15-36-25(29)27-16)14-20(30)28-10-12-34-13-11-28/h7-9,15,22H,10-14H2,1-6H3/t22-/m1/s1. The number of rotatable bonds is 6. The third-order valence-electron chi connectivity index (χ3n) is 6.04. The predicted molar refractivity (Wildman–Crippen MR) is 138 cm³/mol. The fraction of sp³-hybridized carbons (Fsp3) is 0.500. The van der Waals surface area contributed by atoms with Gasteiger partial charge in [-0.1, -0.05) is 23.9 Å². The van der Waals surface area contributed by atoms with Crippen LogP contribution >= 0.6 is 11.8 Å². The normalized spacial score (nSPS) is 20.0. The number of nitrogens with zero attached hydrogens (tertiary/aromatic N) is 3. The highest BCUT2D eigenvalue weighted by molar-refractivity contribution is 8.16. The molecule has 0 N–H and O–H groups in total. The lowest BCUT2D eigenvalue weighted by atomic mass is 9.92. The number of ether oxygens (including phenoxy) is 4. The van der Waals surface area contributed by atoms with E-state index in [1.54, 1.807) is 27.2 Å². The van der Waals surface area contributed by atoms with E-state index in [0.717, 1.165) is 11.3 Å². The second-order valence-electron chi connectivity index (χ2n) is 9.65. The Hall–Kier alpha value is -2.98. The van der Waals surface area contributed by atoms with E-state index in [0.29, 0.717) is 54.2 Å². The molecule has 3 aliphatic rings. The zero-order chi connectivity index (χ0) is 26.0. The molecule has 36 heavy (non-hydrogen) atoms. The number of fused-ring (bicyclic) bond motifs is 1. The minimum absolute atomic E-state index is 0.00727. The van der Waals surface area contributed by atoms with Crippen molar-refractivity contribution >= 4 is 28.8 Å². The highest BCUT2D eigenvalue weighted by Gasteiger charge is 2.43. The monoisotopic (exact) mass is 515 g/mol. The quantitative estimate of drug-likeness (QED) is 0.528. The molecule has 0 aromatic heterocycles. The van der Waals surface area contributed by atoms with Gasteiger partial charge in [0.25, 0.3) is 0 Å². The molecule has 0 spiro atoms. The van der Waals surface area contributed by atoms with Gasteiger partial charge >= 0.3 is 5.97 Å². The number of amides is 1. The first kappa shape index (κ1) is 26.1. The molecular formula is C26H33N3O6S. The number of thioether (sulfide) groups is 1. The number of morpholine rings is 1. The van der Waals surface area contributed by atoms with Crippen molar-refractivity contribution in [3.8, 4) is 11.5 Å². The van der Waals surface area contributed by atoms with Crippen LogP contribution < -0.4 is 9.47 Å². The molecule has 1 aromatic rings. The fourth-order valence-electron chi connectivity index (χ4n) is 4.46. The Morgan fingerprint density at radius 1 is 1.17 bits per heavy atom. The summed E-state index contributed by atoms with van der Waals surface area (Å²) >= 11 is 1.44. The van der Waals surface area contributed by atoms with Gasteiger partial charge in [-0.15, -0.1) is 0 Å². The summed E-state index contributed by atoms with van der Waals surface area (Å²) in [5.41, 5.74) is 1.75. The lowest BCUT2D eigenvalue weighted by Crippen LogP contribution is -2.43. The lowest BCUT2D eigenvalue weighted by Gasteiger charge is -2.38. The topological polar surface area (TPSA) is 89.9 Å². The zero-order valence-corrected chi connectivity index (χ0v) is 22.4. The van der Waals surface area contributed by atoms with E-state index in [1.807, 2.05) is 48.1 Å². The van der Waals surface area contributed by atoms with Gasteiger partial charge in [0.15, 0.2) is 16.7 Å². The van der Waals surface area contributed by atoms with Gasteiger partial charge < -0.3 is 28.7 Å². The van der Waals surface area contributed by atoms with E-state index in [2.05, 4.69) is 0 Å². The van der Waals surface area contributed by atoms with Crippen LogP contribution in [0.25, 0.3) is 0 Å². The smallest absolute Gasteiger partial charge is 0.338 e. The molecule has 3 heterocycles. The third kappa shape index (κ3) is 5.24. The van der Waals surface area contributed by atoms with Gasteiger partial charge in [0.2, 0.25) is 5.91 Å². The Morgan fingerprint density at radius 2 is 1.89 bits per heavy atom. The van der Waals surface area contributed by atoms with Crippen molar-refractivity contribution in [3.05, 3.63) is 46.1 Å². The molecule has 1 aromatic carbocycles. The van der Waals surface area contributed by atoms with Crippen LogP contribution in [0.2, 0.25) is 0 Å². The van der Waals surface area contributed by atoms with Crippen molar-refractivity contribution in [3.63, 3.8) is 0 Å². The van der Waals surface area contributed by atoms with Crippen molar-refractivity contribution < 1.29 is 28.5 Å². The van der Waals surface area contributed by atoms with Gasteiger partial charge in [-0.05, 0) is 39.2 Å². The number of carbonyl (C=O) groups is 2. The molecular weight excluding hydrogens is 482 g/mol. The van der Waals surface area contributed by atoms with Crippen molar-refractivity contribution in [2.75, 3.05) is 40.5 Å². The van der Waals surface area contributed by atoms with Crippen LogP contribution in [-0.2, 0) is 19.1 Å². The SMILES string of the molecule is COc1cccc([C@@H]2C(C(=O)OC(C)(C)C)=C(C)N=C3SC=C(CC(=O)N4CCOCC4)N32)c1OC. The molecule has 0 unspecified atom stereocenters. The molecule has 3 aliphatic heterocycles. The molecule has 0 bridgehead atoms. The average Bonchev–Trinajstić information content (AvgIpc) is 3.23. The Labute approximate surface area is 216 Å². The summed E-state index contributed by atoms with van der Waals surface area (Å²) in [5, 5.41) is 2.63. The summed E-state index contributed by atoms with van der Waals surface area (Å²) in [6, 6.07) is 4.95. The molecule has 0 saturated carbocycles. The van der Waals surface area contributed by atoms with Crippen molar-refractivity contribution in [1.29, 1.82) is 0 Å². The number of hydrogen-bond donors (Lipinski definition) is 0. The second-order valence-corrected chi connectivity index (χ2v) is 10.5. The van der Waals surface area contributed by atoms with E-state index in [-0.39, 0.29) is 12.3 Å². The van der Waals surface area contributed by atoms with Crippen molar-refractivity contribution in [1.82, 2.24) is 9.80 Å². The van der Waals surface area contributed by atoms with E-state index in [9.17, 15) is 9.59 Å². The van der Waals surface area contributed by atoms with E-state index in [1.165, 1.54) is 11.8 Å². The number of methoxy groups -OCH3 is 2. The molecule has 1 fully saturated rings. The summed E-state index contributed by atoms with van der Waals surface area (Å²) in [5.74, 6) is 0.596. The number of carbonyl (C=O) groups excluding carboxylic acids is 2. The number of amidine groups is 1. The van der Waals surface area contributed by atoms with E-state index >= 15 is 0 Å². The first-order valence-electron chi connectivity index (χ1n) is 11.9. The first-order valence-corrected chi connectivity index (χ1v) is 12.8. The highest BCUT2D eigenvalue weighted by Crippen LogP contribution is 2.49. The summed E-state index contributed by atoms with van der Waals surface area (Å²) in [7, 11) is 3.14. The molecule has 194 valence electrons. The summed E-state index contributed by atoms with van der Waals surface area (Å²) in [6.07, 6.45) is 0.176. The fourth-order valence-corrected chi connectivity index (χ4v) is 5.43. The van der Waals surface area contributed by atoms with Crippen LogP contribution in [0.1, 0.15) is 45.7 Å². The van der Waals surface area contributed by atoms with Crippen LogP contribution in [-0.4, -0.2) is 73.0 Å². The van der Waals surface area contributed by atoms with Gasteiger partial charge in [-0.2, -0.15) is 0 Å². The molecule has 1 atom stereocenters. The van der Waals surface area contributed by atoms with Gasteiger partial charge in [0, 0.05) is 24.4 Å². The van der Waals surface area contributed by atoms with E-state index in [4.69, 9.17) is 23.9 Å². The largest absolute Gasteiger partial charge is 0.493 e. The highest BCUT2D eigenvalue weighted by atomic mass is 32.2. The van der Waals surface area contributed by atoms with Crippen LogP contribution in [0.5, 0.6) is 11.5 Å². The number of hydrogen-bond acceptors (Lipinski definition) is 9. The Balaban J connectivity index is 1.79. The Bertz CT molecular complexity index is 1130. The summed E-state index contributed by atoms with van der Waals surface area (Å²) in [4.78, 5) is 35.2. The van der Waals surface area contributed by atoms with Gasteiger partial charge in [-0.25, -0.2) is 9.79 Å². The Morgan fingerprint density at radius 3 is 2.53 bits per heavy atom. The number of para-hydroxylation sites is 1. The second kappa shape index (κ2) is 10.6. The molecule has 9 nitrogen and oxygen atoms in total. The van der Waals surface area contributed by atoms with Gasteiger partial charge in [0.1, 0.15) is 5.60 Å². The molecule has 1 saturated heterocycles. The maximum Gasteiger partial charge on any atom is 0.338 e. The average molecular weight is 516 g/mol. The minimum atomic E-state index is -0.692. The Kier molecular flexibility index (Phi) is 7.65. The van der Waals surface area contributed by atoms with Crippen molar-refractivity contribution in [2.24, 2.45) is 4.99 Å². The number of allylic oxidation sites excluding steroid dienone is 1. The van der Waals surface area contributed by atoms with Crippen LogP contribution in [0.4, 0.5) is 0 Å². The minimum Gasteiger partial charge on any atom is -0.493 e. The third-order valence-corrected chi connectivity index (χ3v) is 6.93. The van der Waals surface area contributed by atoms with Gasteiger partial charge in [0.05, 0.1) is 51.2 Å². The van der Waals surface area contributed by atoms with E-state index < -0.39 is 17.6 Å². The summed E-state index contributed by atoms with van der Waals surface area (Å²) < 4.78 is 22.5. The maximum absolute atomic E-state index is 13.6. The number of benzene rings is 1. The molecule has 0 aliphatic carbocycles. The van der Waals surface area contributed by atoms with Crippen LogP contribution in [0.15, 0.2) is 45.6 Å². The van der Waals surface area contributed by atoms with Gasteiger partial charge in [-0.3, -0.25) is 4.79 Å². The molecule has 10 heteroatoms. The van der Waals surface area contributed by atoms with Crippen LogP contribution in [0.3, 0.4) is 0 Å². The number of aliphatic imine (C=N–C) groups is 1. The number of esters is 1. The van der Waals surface area contributed by atoms with Crippen LogP contribution in [0, 0.1) is 0 Å². The molecule has 0 radical (unpaired) electrons. The first-order chi connectivity index (χ1) is 17.1. The summed E-state index contributed by atoms with van der Waals surface area (Å²) in [6.45, 7) is 9.49. The van der Waals surface area contributed by atoms with Crippen molar-refractivity contribution in [2.45, 2.75) is 45.8 Å². The zero-order valence-electron chi connectivity index (χ0n) is 21.6. The maximum atomic E-state index is 13.6. The molecule has 4 rings (SSSR count). The lowest BCUT2D eigenvalue weighted by molar-refractivity contribution is -0.150. The molecule has 1 amide bonds. The predicted octanol–water partition coefficient (Wildman–Crippen LogP) is 3.87.